The number of alkyl halides is 1. The van der Waals surface area contributed by atoms with Crippen LogP contribution in [0.15, 0.2) is 6.20 Å². The Balaban J connectivity index is 2.72. The fourth-order valence-corrected chi connectivity index (χ4v) is 1.47. The predicted octanol–water partition coefficient (Wildman–Crippen LogP) is 2.53. The summed E-state index contributed by atoms with van der Waals surface area (Å²) in [5, 5.41) is 8.87. The first-order chi connectivity index (χ1) is 5.81. The van der Waals surface area contributed by atoms with Crippen molar-refractivity contribution in [2.45, 2.75) is 38.1 Å². The zero-order valence-electron chi connectivity index (χ0n) is 7.50. The Morgan fingerprint density at radius 3 is 2.58 bits per heavy atom. The van der Waals surface area contributed by atoms with Gasteiger partial charge in [-0.1, -0.05) is 35.0 Å². The summed E-state index contributed by atoms with van der Waals surface area (Å²) >= 11 is 3.35. The van der Waals surface area contributed by atoms with E-state index in [0.717, 1.165) is 23.9 Å². The fourth-order valence-electron chi connectivity index (χ4n) is 1.22. The minimum Gasteiger partial charge on any atom is -0.249 e. The summed E-state index contributed by atoms with van der Waals surface area (Å²) in [7, 11) is 0. The Labute approximate surface area is 81.3 Å². The molecule has 0 atom stereocenters. The topological polar surface area (TPSA) is 30.7 Å². The van der Waals surface area contributed by atoms with Gasteiger partial charge < -0.3 is 0 Å². The van der Waals surface area contributed by atoms with E-state index >= 15 is 0 Å². The van der Waals surface area contributed by atoms with Gasteiger partial charge in [-0.3, -0.25) is 0 Å². The molecule has 3 nitrogen and oxygen atoms in total. The van der Waals surface area contributed by atoms with Gasteiger partial charge in [0.05, 0.1) is 11.7 Å². The van der Waals surface area contributed by atoms with Crippen molar-refractivity contribution in [1.29, 1.82) is 0 Å². The molecule has 0 radical (unpaired) electrons. The van der Waals surface area contributed by atoms with Crippen LogP contribution in [-0.2, 0) is 5.33 Å². The van der Waals surface area contributed by atoms with Crippen molar-refractivity contribution in [2.24, 2.45) is 0 Å². The average molecular weight is 232 g/mol. The van der Waals surface area contributed by atoms with Crippen molar-refractivity contribution >= 4 is 15.9 Å². The molecule has 0 saturated carbocycles. The molecule has 0 aliphatic carbocycles. The third-order valence-electron chi connectivity index (χ3n) is 2.01. The second kappa shape index (κ2) is 4.60. The van der Waals surface area contributed by atoms with E-state index in [2.05, 4.69) is 40.1 Å². The van der Waals surface area contributed by atoms with Crippen LogP contribution in [0.2, 0.25) is 0 Å². The van der Waals surface area contributed by atoms with Crippen molar-refractivity contribution in [3.05, 3.63) is 11.9 Å². The van der Waals surface area contributed by atoms with E-state index in [1.54, 1.807) is 0 Å². The molecule has 1 aromatic rings. The second-order valence-electron chi connectivity index (χ2n) is 2.79. The van der Waals surface area contributed by atoms with Crippen molar-refractivity contribution in [3.8, 4) is 0 Å². The highest BCUT2D eigenvalue weighted by molar-refractivity contribution is 9.08. The van der Waals surface area contributed by atoms with Gasteiger partial charge >= 0.3 is 0 Å². The quantitative estimate of drug-likeness (QED) is 0.747. The van der Waals surface area contributed by atoms with Gasteiger partial charge in [0.2, 0.25) is 0 Å². The Kier molecular flexibility index (Phi) is 3.72. The molecule has 0 bridgehead atoms. The molecule has 0 aromatic carbocycles. The number of halogens is 1. The van der Waals surface area contributed by atoms with Gasteiger partial charge in [0.1, 0.15) is 0 Å². The van der Waals surface area contributed by atoms with E-state index in [1.807, 2.05) is 10.9 Å². The van der Waals surface area contributed by atoms with Crippen LogP contribution in [-0.4, -0.2) is 15.0 Å². The van der Waals surface area contributed by atoms with E-state index in [9.17, 15) is 0 Å². The molecule has 68 valence electrons. The van der Waals surface area contributed by atoms with Crippen molar-refractivity contribution in [2.75, 3.05) is 0 Å². The Hall–Kier alpha value is -0.380. The van der Waals surface area contributed by atoms with Gasteiger partial charge in [0, 0.05) is 11.5 Å². The summed E-state index contributed by atoms with van der Waals surface area (Å²) in [5.41, 5.74) is 1.00. The van der Waals surface area contributed by atoms with Crippen molar-refractivity contribution < 1.29 is 0 Å². The molecular weight excluding hydrogens is 218 g/mol. The molecule has 1 rings (SSSR count). The monoisotopic (exact) mass is 231 g/mol. The lowest BCUT2D eigenvalue weighted by atomic mass is 10.2. The predicted molar refractivity (Wildman–Crippen MR) is 52.3 cm³/mol. The van der Waals surface area contributed by atoms with Crippen LogP contribution in [0.3, 0.4) is 0 Å². The summed E-state index contributed by atoms with van der Waals surface area (Å²) in [6, 6.07) is 0.505. The molecule has 0 unspecified atom stereocenters. The van der Waals surface area contributed by atoms with E-state index in [1.165, 1.54) is 0 Å². The maximum atomic E-state index is 4.07. The van der Waals surface area contributed by atoms with Crippen molar-refractivity contribution in [3.63, 3.8) is 0 Å². The molecule has 1 aromatic heterocycles. The second-order valence-corrected chi connectivity index (χ2v) is 3.35. The molecule has 0 saturated heterocycles. The van der Waals surface area contributed by atoms with E-state index < -0.39 is 0 Å². The van der Waals surface area contributed by atoms with Gasteiger partial charge in [-0.15, -0.1) is 5.10 Å². The van der Waals surface area contributed by atoms with Crippen LogP contribution in [0.5, 0.6) is 0 Å². The summed E-state index contributed by atoms with van der Waals surface area (Å²) in [6.07, 6.45) is 4.23. The van der Waals surface area contributed by atoms with E-state index in [4.69, 9.17) is 0 Å². The number of hydrogen-bond donors (Lipinski definition) is 0. The lowest BCUT2D eigenvalue weighted by Crippen LogP contribution is -2.07. The molecule has 0 aliphatic heterocycles. The number of nitrogens with zero attached hydrogens (tertiary/aromatic N) is 3. The van der Waals surface area contributed by atoms with E-state index in [0.29, 0.717) is 6.04 Å². The van der Waals surface area contributed by atoms with Crippen molar-refractivity contribution in [1.82, 2.24) is 15.0 Å². The smallest absolute Gasteiger partial charge is 0.0932 e. The minimum absolute atomic E-state index is 0.505. The molecule has 12 heavy (non-hydrogen) atoms. The van der Waals surface area contributed by atoms with Gasteiger partial charge in [-0.25, -0.2) is 4.68 Å². The minimum atomic E-state index is 0.505. The van der Waals surface area contributed by atoms with Gasteiger partial charge in [-0.05, 0) is 12.8 Å². The van der Waals surface area contributed by atoms with Crippen LogP contribution in [0, 0.1) is 0 Å². The Morgan fingerprint density at radius 2 is 2.17 bits per heavy atom. The first-order valence-corrected chi connectivity index (χ1v) is 5.40. The first-order valence-electron chi connectivity index (χ1n) is 4.28. The summed E-state index contributed by atoms with van der Waals surface area (Å²) in [6.45, 7) is 4.34. The lowest BCUT2D eigenvalue weighted by molar-refractivity contribution is 0.418. The molecule has 0 fully saturated rings. The maximum Gasteiger partial charge on any atom is 0.0932 e. The summed E-state index contributed by atoms with van der Waals surface area (Å²) < 4.78 is 1.95. The molecular formula is C8H14BrN3. The third-order valence-corrected chi connectivity index (χ3v) is 2.59. The average Bonchev–Trinajstić information content (AvgIpc) is 2.55. The third kappa shape index (κ3) is 2.06. The van der Waals surface area contributed by atoms with Gasteiger partial charge in [0.25, 0.3) is 0 Å². The first kappa shape index (κ1) is 9.71. The molecule has 4 heteroatoms. The van der Waals surface area contributed by atoms with E-state index in [-0.39, 0.29) is 0 Å². The Morgan fingerprint density at radius 1 is 1.50 bits per heavy atom. The van der Waals surface area contributed by atoms with Gasteiger partial charge in [-0.2, -0.15) is 0 Å². The largest absolute Gasteiger partial charge is 0.249 e. The van der Waals surface area contributed by atoms with Crippen LogP contribution < -0.4 is 0 Å². The van der Waals surface area contributed by atoms with Gasteiger partial charge in [0.15, 0.2) is 0 Å². The fraction of sp³-hybridized carbons (Fsp3) is 0.750. The maximum absolute atomic E-state index is 4.07. The number of rotatable bonds is 4. The summed E-state index contributed by atoms with van der Waals surface area (Å²) in [5.74, 6) is 0. The summed E-state index contributed by atoms with van der Waals surface area (Å²) in [4.78, 5) is 0. The zero-order chi connectivity index (χ0) is 8.97. The highest BCUT2D eigenvalue weighted by atomic mass is 79.9. The van der Waals surface area contributed by atoms with Crippen LogP contribution in [0.25, 0.3) is 0 Å². The molecule has 1 heterocycles. The molecule has 0 amide bonds. The highest BCUT2D eigenvalue weighted by Gasteiger charge is 2.07. The lowest BCUT2D eigenvalue weighted by Gasteiger charge is -2.10. The molecule has 0 spiro atoms. The highest BCUT2D eigenvalue weighted by Crippen LogP contribution is 2.14. The number of hydrogen-bond acceptors (Lipinski definition) is 2. The molecule has 0 aliphatic rings. The van der Waals surface area contributed by atoms with Crippen LogP contribution in [0.4, 0.5) is 0 Å². The Bertz CT molecular complexity index is 230. The zero-order valence-corrected chi connectivity index (χ0v) is 9.08. The number of aromatic nitrogens is 3. The van der Waals surface area contributed by atoms with Crippen LogP contribution >= 0.6 is 15.9 Å². The van der Waals surface area contributed by atoms with Crippen LogP contribution in [0.1, 0.15) is 38.4 Å². The molecule has 0 N–H and O–H groups in total. The standard InChI is InChI=1S/C8H14BrN3/c1-3-8(4-2)12-6-7(5-9)10-11-12/h6,8H,3-5H2,1-2H3. The normalized spacial score (nSPS) is 11.0. The SMILES string of the molecule is CCC(CC)n1cc(CBr)nn1.